The van der Waals surface area contributed by atoms with Gasteiger partial charge in [0.25, 0.3) is 0 Å². The number of nitrogens with zero attached hydrogens (tertiary/aromatic N) is 2. The number of hydrogen-bond acceptors (Lipinski definition) is 6. The second kappa shape index (κ2) is 8.70. The van der Waals surface area contributed by atoms with Gasteiger partial charge in [0.2, 0.25) is 5.88 Å². The third-order valence-electron chi connectivity index (χ3n) is 3.17. The van der Waals surface area contributed by atoms with Crippen LogP contribution < -0.4 is 4.74 Å². The van der Waals surface area contributed by atoms with Gasteiger partial charge in [-0.1, -0.05) is 0 Å². The SMILES string of the molecule is COC.O=Cc1cc2ccc(OC3CCC3)nc2n1SOI. The van der Waals surface area contributed by atoms with Crippen molar-refractivity contribution < 1.29 is 16.8 Å². The van der Waals surface area contributed by atoms with E-state index in [4.69, 9.17) is 7.25 Å². The minimum absolute atomic E-state index is 0.285. The van der Waals surface area contributed by atoms with Crippen LogP contribution in [0, 0.1) is 0 Å². The zero-order chi connectivity index (χ0) is 15.9. The van der Waals surface area contributed by atoms with Crippen LogP contribution in [0.4, 0.5) is 0 Å². The lowest BCUT2D eigenvalue weighted by molar-refractivity contribution is 0.111. The second-order valence-electron chi connectivity index (χ2n) is 4.76. The highest BCUT2D eigenvalue weighted by atomic mass is 127. The molecule has 0 radical (unpaired) electrons. The smallest absolute Gasteiger partial charge is 0.215 e. The third-order valence-corrected chi connectivity index (χ3v) is 4.24. The Morgan fingerprint density at radius 2 is 2.14 bits per heavy atom. The Labute approximate surface area is 147 Å². The van der Waals surface area contributed by atoms with Crippen LogP contribution in [-0.2, 0) is 7.25 Å². The van der Waals surface area contributed by atoms with Crippen LogP contribution in [0.1, 0.15) is 29.8 Å². The first kappa shape index (κ1) is 17.5. The van der Waals surface area contributed by atoms with Gasteiger partial charge in [0, 0.05) is 25.7 Å². The van der Waals surface area contributed by atoms with Gasteiger partial charge >= 0.3 is 0 Å². The molecule has 22 heavy (non-hydrogen) atoms. The molecule has 2 heterocycles. The maximum absolute atomic E-state index is 11.0. The number of fused-ring (bicyclic) bond motifs is 1. The molecule has 0 bridgehead atoms. The molecule has 0 atom stereocenters. The van der Waals surface area contributed by atoms with Crippen LogP contribution in [0.3, 0.4) is 0 Å². The van der Waals surface area contributed by atoms with E-state index in [2.05, 4.69) is 9.72 Å². The van der Waals surface area contributed by atoms with Crippen molar-refractivity contribution in [3.63, 3.8) is 0 Å². The van der Waals surface area contributed by atoms with Crippen LogP contribution in [0.5, 0.6) is 5.88 Å². The number of halogens is 1. The van der Waals surface area contributed by atoms with Crippen LogP contribution in [0.25, 0.3) is 11.0 Å². The van der Waals surface area contributed by atoms with Gasteiger partial charge in [0.15, 0.2) is 11.9 Å². The van der Waals surface area contributed by atoms with Crippen LogP contribution in [-0.4, -0.2) is 35.6 Å². The van der Waals surface area contributed by atoms with Crippen LogP contribution in [0.2, 0.25) is 0 Å². The van der Waals surface area contributed by atoms with Crippen molar-refractivity contribution in [1.29, 1.82) is 0 Å². The molecule has 0 aromatic carbocycles. The molecular weight excluding hydrogens is 419 g/mol. The normalized spacial score (nSPS) is 14.1. The summed E-state index contributed by atoms with van der Waals surface area (Å²) in [4.78, 5) is 15.5. The van der Waals surface area contributed by atoms with Crippen molar-refractivity contribution in [2.75, 3.05) is 14.2 Å². The van der Waals surface area contributed by atoms with E-state index in [-0.39, 0.29) is 6.10 Å². The highest BCUT2D eigenvalue weighted by Crippen LogP contribution is 2.29. The zero-order valence-corrected chi connectivity index (χ0v) is 15.3. The Kier molecular flexibility index (Phi) is 6.93. The fraction of sp³-hybridized carbons (Fsp3) is 0.429. The first-order valence-corrected chi connectivity index (χ1v) is 8.31. The molecule has 1 saturated carbocycles. The van der Waals surface area contributed by atoms with Gasteiger partial charge in [0.1, 0.15) is 41.3 Å². The van der Waals surface area contributed by atoms with Gasteiger partial charge in [0.05, 0.1) is 5.69 Å². The Hall–Kier alpha value is -0.840. The van der Waals surface area contributed by atoms with Crippen LogP contribution >= 0.6 is 35.2 Å². The molecule has 1 aliphatic rings. The average molecular weight is 436 g/mol. The average Bonchev–Trinajstić information content (AvgIpc) is 2.82. The van der Waals surface area contributed by atoms with E-state index in [1.807, 2.05) is 12.1 Å². The molecule has 0 saturated heterocycles. The fourth-order valence-electron chi connectivity index (χ4n) is 1.97. The molecule has 0 amide bonds. The third kappa shape index (κ3) is 4.12. The molecule has 2 aromatic rings. The Morgan fingerprint density at radius 1 is 1.41 bits per heavy atom. The molecule has 1 fully saturated rings. The maximum atomic E-state index is 11.0. The van der Waals surface area contributed by atoms with Gasteiger partial charge in [-0.3, -0.25) is 4.79 Å². The van der Waals surface area contributed by atoms with E-state index in [0.29, 0.717) is 17.2 Å². The number of methoxy groups -OCH3 is 1. The van der Waals surface area contributed by atoms with E-state index >= 15 is 0 Å². The Balaban J connectivity index is 0.000000545. The lowest BCUT2D eigenvalue weighted by atomic mass is 9.96. The summed E-state index contributed by atoms with van der Waals surface area (Å²) in [7, 11) is 3.25. The Bertz CT molecular complexity index is 631. The van der Waals surface area contributed by atoms with E-state index < -0.39 is 0 Å². The van der Waals surface area contributed by atoms with E-state index in [9.17, 15) is 4.79 Å². The van der Waals surface area contributed by atoms with Crippen molar-refractivity contribution in [3.8, 4) is 5.88 Å². The number of carbonyl (C=O) groups excluding carboxylic acids is 1. The highest BCUT2D eigenvalue weighted by molar-refractivity contribution is 14.1. The number of ether oxygens (including phenoxy) is 2. The lowest BCUT2D eigenvalue weighted by Gasteiger charge is -2.25. The summed E-state index contributed by atoms with van der Waals surface area (Å²) in [5.41, 5.74) is 1.20. The second-order valence-corrected chi connectivity index (χ2v) is 6.48. The van der Waals surface area contributed by atoms with Crippen molar-refractivity contribution >= 4 is 52.6 Å². The largest absolute Gasteiger partial charge is 0.474 e. The first-order valence-electron chi connectivity index (χ1n) is 6.73. The molecule has 120 valence electrons. The van der Waals surface area contributed by atoms with Gasteiger partial charge in [-0.05, 0) is 31.4 Å². The number of aldehydes is 1. The number of aromatic nitrogens is 2. The van der Waals surface area contributed by atoms with Gasteiger partial charge < -0.3 is 9.47 Å². The highest BCUT2D eigenvalue weighted by Gasteiger charge is 2.20. The zero-order valence-electron chi connectivity index (χ0n) is 12.3. The predicted molar refractivity (Wildman–Crippen MR) is 94.4 cm³/mol. The molecule has 0 N–H and O–H groups in total. The molecular formula is C14H17IN2O4S. The topological polar surface area (TPSA) is 62.6 Å². The fourth-order valence-corrected chi connectivity index (χ4v) is 2.91. The molecule has 6 nitrogen and oxygen atoms in total. The van der Waals surface area contributed by atoms with E-state index in [0.717, 1.165) is 36.7 Å². The predicted octanol–water partition coefficient (Wildman–Crippen LogP) is 3.82. The number of rotatable bonds is 5. The standard InChI is InChI=1S/C12H11IN2O3S.C2H6O/c13-18-19-15-9(7-16)6-8-4-5-11(14-12(8)15)17-10-2-1-3-10;1-3-2/h4-7,10H,1-3H2;1-2H3. The summed E-state index contributed by atoms with van der Waals surface area (Å²) in [5.74, 6) is 0.600. The summed E-state index contributed by atoms with van der Waals surface area (Å²) in [5, 5.41) is 0.893. The van der Waals surface area contributed by atoms with E-state index in [1.54, 1.807) is 47.3 Å². The minimum Gasteiger partial charge on any atom is -0.474 e. The molecule has 2 aromatic heterocycles. The molecule has 3 rings (SSSR count). The molecule has 0 aliphatic heterocycles. The lowest BCUT2D eigenvalue weighted by Crippen LogP contribution is -2.24. The monoisotopic (exact) mass is 436 g/mol. The van der Waals surface area contributed by atoms with Gasteiger partial charge in [-0.15, -0.1) is 0 Å². The number of carbonyl (C=O) groups is 1. The molecule has 8 heteroatoms. The minimum atomic E-state index is 0.285. The van der Waals surface area contributed by atoms with Crippen molar-refractivity contribution in [2.24, 2.45) is 0 Å². The van der Waals surface area contributed by atoms with Crippen LogP contribution in [0.15, 0.2) is 18.2 Å². The van der Waals surface area contributed by atoms with Crippen molar-refractivity contribution in [1.82, 2.24) is 8.96 Å². The summed E-state index contributed by atoms with van der Waals surface area (Å²) >= 11 is 2.83. The van der Waals surface area contributed by atoms with Gasteiger partial charge in [-0.2, -0.15) is 4.98 Å². The van der Waals surface area contributed by atoms with E-state index in [1.165, 1.54) is 6.42 Å². The molecule has 0 unspecified atom stereocenters. The summed E-state index contributed by atoms with van der Waals surface area (Å²) in [6, 6.07) is 5.54. The summed E-state index contributed by atoms with van der Waals surface area (Å²) in [6.07, 6.45) is 4.47. The van der Waals surface area contributed by atoms with Gasteiger partial charge in [-0.25, -0.2) is 6.48 Å². The van der Waals surface area contributed by atoms with Crippen molar-refractivity contribution in [3.05, 3.63) is 23.9 Å². The summed E-state index contributed by atoms with van der Waals surface area (Å²) < 4.78 is 16.7. The molecule has 0 spiro atoms. The number of pyridine rings is 1. The quantitative estimate of drug-likeness (QED) is 0.404. The molecule has 1 aliphatic carbocycles. The first-order chi connectivity index (χ1) is 10.7. The maximum Gasteiger partial charge on any atom is 0.215 e. The summed E-state index contributed by atoms with van der Waals surface area (Å²) in [6.45, 7) is 0. The number of hydrogen-bond donors (Lipinski definition) is 0. The Morgan fingerprint density at radius 3 is 2.68 bits per heavy atom. The van der Waals surface area contributed by atoms with Crippen molar-refractivity contribution in [2.45, 2.75) is 25.4 Å².